The van der Waals surface area contributed by atoms with Gasteiger partial charge in [0.2, 0.25) is 0 Å². The average Bonchev–Trinajstić information content (AvgIpc) is 3.01. The Hall–Kier alpha value is -2.76. The first-order chi connectivity index (χ1) is 13.6. The van der Waals surface area contributed by atoms with Gasteiger partial charge < -0.3 is 19.9 Å². The standard InChI is InChI=1S/C22H20ClN3OS/c1-3-26-19-7-5-4-6-16(19)17-13-15(9-10-20(17)26)24-22(28)25-18-12-14(23)8-11-21(18)27-2/h4-13H,3H2,1-2H3,(H2,24,25,28). The third-order valence-corrected chi connectivity index (χ3v) is 5.20. The van der Waals surface area contributed by atoms with Crippen molar-refractivity contribution in [2.45, 2.75) is 13.5 Å². The number of methoxy groups -OCH3 is 1. The van der Waals surface area contributed by atoms with Crippen molar-refractivity contribution in [3.63, 3.8) is 0 Å². The quantitative estimate of drug-likeness (QED) is 0.389. The maximum atomic E-state index is 6.09. The lowest BCUT2D eigenvalue weighted by molar-refractivity contribution is 0.417. The molecule has 2 N–H and O–H groups in total. The van der Waals surface area contributed by atoms with E-state index < -0.39 is 0 Å². The third kappa shape index (κ3) is 3.39. The maximum absolute atomic E-state index is 6.09. The summed E-state index contributed by atoms with van der Waals surface area (Å²) in [7, 11) is 1.61. The van der Waals surface area contributed by atoms with Crippen LogP contribution in [0.3, 0.4) is 0 Å². The van der Waals surface area contributed by atoms with Gasteiger partial charge in [-0.15, -0.1) is 0 Å². The van der Waals surface area contributed by atoms with E-state index in [-0.39, 0.29) is 0 Å². The summed E-state index contributed by atoms with van der Waals surface area (Å²) in [5, 5.41) is 9.93. The number of thiocarbonyl (C=S) groups is 1. The van der Waals surface area contributed by atoms with Crippen LogP contribution in [0.5, 0.6) is 5.75 Å². The summed E-state index contributed by atoms with van der Waals surface area (Å²) < 4.78 is 7.68. The molecular weight excluding hydrogens is 390 g/mol. The number of nitrogens with zero attached hydrogens (tertiary/aromatic N) is 1. The first-order valence-electron chi connectivity index (χ1n) is 9.03. The van der Waals surface area contributed by atoms with Crippen LogP contribution in [0.15, 0.2) is 60.7 Å². The molecule has 0 fully saturated rings. The number of ether oxygens (including phenoxy) is 1. The van der Waals surface area contributed by atoms with E-state index in [9.17, 15) is 0 Å². The highest BCUT2D eigenvalue weighted by molar-refractivity contribution is 7.80. The fraction of sp³-hybridized carbons (Fsp3) is 0.136. The zero-order chi connectivity index (χ0) is 19.7. The second kappa shape index (κ2) is 7.70. The predicted octanol–water partition coefficient (Wildman–Crippen LogP) is 6.29. The highest BCUT2D eigenvalue weighted by atomic mass is 35.5. The molecule has 0 aliphatic rings. The van der Waals surface area contributed by atoms with Crippen LogP contribution in [-0.4, -0.2) is 16.8 Å². The molecule has 0 radical (unpaired) electrons. The molecule has 28 heavy (non-hydrogen) atoms. The lowest BCUT2D eigenvalue weighted by atomic mass is 10.1. The molecular formula is C22H20ClN3OS. The number of hydrogen-bond acceptors (Lipinski definition) is 2. The second-order valence-electron chi connectivity index (χ2n) is 6.42. The summed E-state index contributed by atoms with van der Waals surface area (Å²) in [6, 6.07) is 20.1. The molecule has 4 nitrogen and oxygen atoms in total. The maximum Gasteiger partial charge on any atom is 0.175 e. The first-order valence-corrected chi connectivity index (χ1v) is 9.82. The number of aryl methyl sites for hydroxylation is 1. The van der Waals surface area contributed by atoms with Crippen molar-refractivity contribution in [1.29, 1.82) is 0 Å². The van der Waals surface area contributed by atoms with Crippen LogP contribution in [0.1, 0.15) is 6.92 Å². The van der Waals surface area contributed by atoms with Crippen LogP contribution in [0, 0.1) is 0 Å². The van der Waals surface area contributed by atoms with Gasteiger partial charge in [0, 0.05) is 39.1 Å². The normalized spacial score (nSPS) is 11.0. The third-order valence-electron chi connectivity index (χ3n) is 4.76. The van der Waals surface area contributed by atoms with Gasteiger partial charge in [0.25, 0.3) is 0 Å². The number of halogens is 1. The van der Waals surface area contributed by atoms with E-state index in [1.807, 2.05) is 6.07 Å². The van der Waals surface area contributed by atoms with Crippen LogP contribution < -0.4 is 15.4 Å². The summed E-state index contributed by atoms with van der Waals surface area (Å²) in [4.78, 5) is 0. The molecule has 142 valence electrons. The summed E-state index contributed by atoms with van der Waals surface area (Å²) in [5.41, 5.74) is 4.09. The zero-order valence-electron chi connectivity index (χ0n) is 15.6. The molecule has 0 atom stereocenters. The monoisotopic (exact) mass is 409 g/mol. The number of hydrogen-bond donors (Lipinski definition) is 2. The smallest absolute Gasteiger partial charge is 0.175 e. The molecule has 0 bridgehead atoms. The van der Waals surface area contributed by atoms with Crippen LogP contribution in [0.2, 0.25) is 5.02 Å². The number of rotatable bonds is 4. The minimum atomic E-state index is 0.471. The van der Waals surface area contributed by atoms with Crippen molar-refractivity contribution in [1.82, 2.24) is 4.57 Å². The van der Waals surface area contributed by atoms with Gasteiger partial charge in [0.05, 0.1) is 12.8 Å². The number of aromatic nitrogens is 1. The van der Waals surface area contributed by atoms with Crippen LogP contribution >= 0.6 is 23.8 Å². The van der Waals surface area contributed by atoms with Crippen molar-refractivity contribution in [2.75, 3.05) is 17.7 Å². The number of fused-ring (bicyclic) bond motifs is 3. The van der Waals surface area contributed by atoms with E-state index in [1.165, 1.54) is 21.8 Å². The molecule has 4 rings (SSSR count). The average molecular weight is 410 g/mol. The molecule has 1 aromatic heterocycles. The topological polar surface area (TPSA) is 38.2 Å². The number of para-hydroxylation sites is 1. The number of anilines is 2. The summed E-state index contributed by atoms with van der Waals surface area (Å²) in [5.74, 6) is 0.676. The fourth-order valence-corrected chi connectivity index (χ4v) is 3.93. The Kier molecular flexibility index (Phi) is 5.11. The minimum Gasteiger partial charge on any atom is -0.495 e. The fourth-order valence-electron chi connectivity index (χ4n) is 3.53. The van der Waals surface area contributed by atoms with E-state index >= 15 is 0 Å². The van der Waals surface area contributed by atoms with Crippen molar-refractivity contribution in [3.8, 4) is 5.75 Å². The molecule has 6 heteroatoms. The Labute approximate surface area is 174 Å². The molecule has 0 unspecified atom stereocenters. The Bertz CT molecular complexity index is 1190. The Balaban J connectivity index is 1.64. The molecule has 0 spiro atoms. The number of benzene rings is 3. The summed E-state index contributed by atoms with van der Waals surface area (Å²) in [6.45, 7) is 3.08. The molecule has 0 aliphatic carbocycles. The van der Waals surface area contributed by atoms with Gasteiger partial charge in [-0.05, 0) is 61.6 Å². The predicted molar refractivity (Wildman–Crippen MR) is 123 cm³/mol. The van der Waals surface area contributed by atoms with E-state index in [1.54, 1.807) is 25.3 Å². The van der Waals surface area contributed by atoms with Crippen molar-refractivity contribution < 1.29 is 4.74 Å². The van der Waals surface area contributed by atoms with Crippen LogP contribution in [-0.2, 0) is 6.54 Å². The summed E-state index contributed by atoms with van der Waals surface area (Å²) >= 11 is 11.6. The molecule has 0 amide bonds. The van der Waals surface area contributed by atoms with Crippen molar-refractivity contribution in [2.24, 2.45) is 0 Å². The van der Waals surface area contributed by atoms with Crippen LogP contribution in [0.25, 0.3) is 21.8 Å². The highest BCUT2D eigenvalue weighted by Crippen LogP contribution is 2.31. The van der Waals surface area contributed by atoms with Gasteiger partial charge in [-0.2, -0.15) is 0 Å². The van der Waals surface area contributed by atoms with Gasteiger partial charge in [-0.1, -0.05) is 29.8 Å². The van der Waals surface area contributed by atoms with E-state index in [0.29, 0.717) is 15.9 Å². The van der Waals surface area contributed by atoms with Crippen molar-refractivity contribution in [3.05, 3.63) is 65.7 Å². The SMILES string of the molecule is CCn1c2ccccc2c2cc(NC(=S)Nc3cc(Cl)ccc3OC)ccc21. The second-order valence-corrected chi connectivity index (χ2v) is 7.26. The molecule has 0 saturated carbocycles. The van der Waals surface area contributed by atoms with Crippen LogP contribution in [0.4, 0.5) is 11.4 Å². The summed E-state index contributed by atoms with van der Waals surface area (Å²) in [6.07, 6.45) is 0. The molecule has 0 saturated heterocycles. The molecule has 4 aromatic rings. The Morgan fingerprint density at radius 3 is 2.57 bits per heavy atom. The van der Waals surface area contributed by atoms with Gasteiger partial charge in [-0.3, -0.25) is 0 Å². The zero-order valence-corrected chi connectivity index (χ0v) is 17.2. The lowest BCUT2D eigenvalue weighted by Crippen LogP contribution is -2.19. The highest BCUT2D eigenvalue weighted by Gasteiger charge is 2.11. The Morgan fingerprint density at radius 2 is 1.79 bits per heavy atom. The molecule has 1 heterocycles. The lowest BCUT2D eigenvalue weighted by Gasteiger charge is -2.14. The Morgan fingerprint density at radius 1 is 1.00 bits per heavy atom. The minimum absolute atomic E-state index is 0.471. The largest absolute Gasteiger partial charge is 0.495 e. The van der Waals surface area contributed by atoms with Gasteiger partial charge in [0.1, 0.15) is 5.75 Å². The molecule has 3 aromatic carbocycles. The van der Waals surface area contributed by atoms with Gasteiger partial charge in [-0.25, -0.2) is 0 Å². The molecule has 0 aliphatic heterocycles. The van der Waals surface area contributed by atoms with Gasteiger partial charge in [0.15, 0.2) is 5.11 Å². The van der Waals surface area contributed by atoms with E-state index in [2.05, 4.69) is 58.5 Å². The van der Waals surface area contributed by atoms with E-state index in [4.69, 9.17) is 28.6 Å². The van der Waals surface area contributed by atoms with E-state index in [0.717, 1.165) is 17.9 Å². The van der Waals surface area contributed by atoms with Gasteiger partial charge >= 0.3 is 0 Å². The van der Waals surface area contributed by atoms with Crippen molar-refractivity contribution >= 4 is 62.1 Å². The first kappa shape index (κ1) is 18.6. The number of nitrogens with one attached hydrogen (secondary N) is 2.